The van der Waals surface area contributed by atoms with E-state index in [-0.39, 0.29) is 11.3 Å². The van der Waals surface area contributed by atoms with Gasteiger partial charge in [-0.1, -0.05) is 38.1 Å². The number of ether oxygens (including phenoxy) is 3. The summed E-state index contributed by atoms with van der Waals surface area (Å²) >= 11 is 0. The van der Waals surface area contributed by atoms with Crippen LogP contribution < -0.4 is 9.47 Å². The molecule has 0 radical (unpaired) electrons. The second-order valence-corrected chi connectivity index (χ2v) is 9.79. The Kier molecular flexibility index (Phi) is 9.79. The molecule has 1 amide bonds. The first-order valence-corrected chi connectivity index (χ1v) is 13.6. The van der Waals surface area contributed by atoms with E-state index in [9.17, 15) is 14.7 Å². The predicted octanol–water partition coefficient (Wildman–Crippen LogP) is 4.49. The molecule has 208 valence electrons. The van der Waals surface area contributed by atoms with Crippen molar-refractivity contribution >= 4 is 17.4 Å². The number of Topliss-reactive ketones (excluding diaryl/α,β-unsaturated/α-hetero) is 1. The molecule has 8 nitrogen and oxygen atoms in total. The molecule has 39 heavy (non-hydrogen) atoms. The Morgan fingerprint density at radius 1 is 1.08 bits per heavy atom. The molecule has 4 rings (SSSR count). The maximum Gasteiger partial charge on any atom is 0.295 e. The number of hydrogen-bond donors (Lipinski definition) is 1. The summed E-state index contributed by atoms with van der Waals surface area (Å²) in [6.45, 7) is 12.4. The third-order valence-electron chi connectivity index (χ3n) is 7.08. The lowest BCUT2D eigenvalue weighted by Gasteiger charge is -2.31. The monoisotopic (exact) mass is 534 g/mol. The molecule has 8 heteroatoms. The number of aliphatic hydroxyl groups excluding tert-OH is 1. The van der Waals surface area contributed by atoms with Crippen LogP contribution in [-0.4, -0.2) is 79.2 Å². The largest absolute Gasteiger partial charge is 0.507 e. The van der Waals surface area contributed by atoms with Crippen LogP contribution in [0.15, 0.2) is 60.7 Å². The van der Waals surface area contributed by atoms with Gasteiger partial charge in [0, 0.05) is 31.7 Å². The van der Waals surface area contributed by atoms with Gasteiger partial charge >= 0.3 is 0 Å². The molecule has 0 saturated carbocycles. The molecule has 2 aromatic rings. The fourth-order valence-corrected chi connectivity index (χ4v) is 4.90. The molecular weight excluding hydrogens is 496 g/mol. The van der Waals surface area contributed by atoms with E-state index in [1.54, 1.807) is 35.2 Å². The minimum Gasteiger partial charge on any atom is -0.507 e. The van der Waals surface area contributed by atoms with E-state index < -0.39 is 17.7 Å². The molecule has 1 N–H and O–H groups in total. The number of ketones is 1. The zero-order valence-corrected chi connectivity index (χ0v) is 22.9. The van der Waals surface area contributed by atoms with Crippen molar-refractivity contribution in [3.8, 4) is 11.5 Å². The highest BCUT2D eigenvalue weighted by molar-refractivity contribution is 6.46. The molecule has 0 aromatic heterocycles. The van der Waals surface area contributed by atoms with Gasteiger partial charge in [-0.25, -0.2) is 0 Å². The number of aryl methyl sites for hydroxylation is 1. The first-order valence-electron chi connectivity index (χ1n) is 13.6. The second kappa shape index (κ2) is 13.4. The van der Waals surface area contributed by atoms with Crippen LogP contribution in [0.5, 0.6) is 11.5 Å². The van der Waals surface area contributed by atoms with E-state index in [0.717, 1.165) is 37.1 Å². The van der Waals surface area contributed by atoms with Crippen molar-refractivity contribution in [1.82, 2.24) is 9.80 Å². The van der Waals surface area contributed by atoms with E-state index in [2.05, 4.69) is 18.4 Å². The number of carbonyl (C=O) groups excluding carboxylic acids is 2. The van der Waals surface area contributed by atoms with Crippen molar-refractivity contribution in [3.63, 3.8) is 0 Å². The Morgan fingerprint density at radius 2 is 1.79 bits per heavy atom. The predicted molar refractivity (Wildman–Crippen MR) is 150 cm³/mol. The topological polar surface area (TPSA) is 88.5 Å². The molecule has 1 unspecified atom stereocenters. The summed E-state index contributed by atoms with van der Waals surface area (Å²) in [4.78, 5) is 30.5. The van der Waals surface area contributed by atoms with Crippen molar-refractivity contribution < 1.29 is 28.9 Å². The number of morpholine rings is 1. The normalized spacial score (nSPS) is 19.3. The average molecular weight is 535 g/mol. The van der Waals surface area contributed by atoms with E-state index in [1.165, 1.54) is 0 Å². The number of hydrogen-bond acceptors (Lipinski definition) is 7. The standard InChI is InChI=1S/C31H38N2O6/c1-4-6-18-39-25-11-12-26(22(3)21-25)29(34)27-28(23-7-9-24(10-8-23)38-17-5-2)33(31(36)30(27)35)14-13-32-15-19-37-20-16-32/h5,7-12,21,28,34H,2,4,6,13-20H2,1,3H3/b29-27+. The molecule has 0 bridgehead atoms. The van der Waals surface area contributed by atoms with Crippen LogP contribution in [0.3, 0.4) is 0 Å². The second-order valence-electron chi connectivity index (χ2n) is 9.79. The lowest BCUT2D eigenvalue weighted by Crippen LogP contribution is -2.42. The number of unbranched alkanes of at least 4 members (excludes halogenated alkanes) is 1. The SMILES string of the molecule is C=CCOc1ccc(C2/C(=C(\O)c3ccc(OCCCC)cc3C)C(=O)C(=O)N2CCN2CCOCC2)cc1. The van der Waals surface area contributed by atoms with Crippen molar-refractivity contribution in [2.24, 2.45) is 0 Å². The number of carbonyl (C=O) groups is 2. The maximum absolute atomic E-state index is 13.4. The average Bonchev–Trinajstić information content (AvgIpc) is 3.20. The van der Waals surface area contributed by atoms with Gasteiger partial charge in [0.1, 0.15) is 23.9 Å². The summed E-state index contributed by atoms with van der Waals surface area (Å²) in [6, 6.07) is 11.9. The van der Waals surface area contributed by atoms with Gasteiger partial charge in [0.05, 0.1) is 31.4 Å². The molecule has 2 aliphatic rings. The Labute approximate surface area is 230 Å². The molecule has 1 atom stereocenters. The highest BCUT2D eigenvalue weighted by atomic mass is 16.5. The van der Waals surface area contributed by atoms with Crippen molar-refractivity contribution in [1.29, 1.82) is 0 Å². The highest BCUT2D eigenvalue weighted by Crippen LogP contribution is 2.40. The zero-order valence-electron chi connectivity index (χ0n) is 22.9. The Balaban J connectivity index is 1.69. The highest BCUT2D eigenvalue weighted by Gasteiger charge is 2.46. The summed E-state index contributed by atoms with van der Waals surface area (Å²) in [7, 11) is 0. The quantitative estimate of drug-likeness (QED) is 0.141. The minimum atomic E-state index is -0.723. The van der Waals surface area contributed by atoms with Gasteiger partial charge < -0.3 is 24.2 Å². The smallest absolute Gasteiger partial charge is 0.295 e. The van der Waals surface area contributed by atoms with E-state index in [0.29, 0.717) is 56.6 Å². The Hall–Kier alpha value is -3.62. The van der Waals surface area contributed by atoms with Gasteiger partial charge in [0.25, 0.3) is 11.7 Å². The van der Waals surface area contributed by atoms with Crippen molar-refractivity contribution in [2.45, 2.75) is 32.7 Å². The molecule has 2 heterocycles. The number of aliphatic hydroxyl groups is 1. The van der Waals surface area contributed by atoms with Crippen LogP contribution in [0.4, 0.5) is 0 Å². The zero-order chi connectivity index (χ0) is 27.8. The molecule has 2 aromatic carbocycles. The maximum atomic E-state index is 13.4. The van der Waals surface area contributed by atoms with E-state index >= 15 is 0 Å². The summed E-state index contributed by atoms with van der Waals surface area (Å²) in [5.41, 5.74) is 2.07. The molecule has 2 aliphatic heterocycles. The Bertz CT molecular complexity index is 1200. The molecule has 2 saturated heterocycles. The Morgan fingerprint density at radius 3 is 2.46 bits per heavy atom. The fourth-order valence-electron chi connectivity index (χ4n) is 4.90. The number of benzene rings is 2. The van der Waals surface area contributed by atoms with Gasteiger partial charge in [-0.3, -0.25) is 14.5 Å². The molecule has 0 aliphatic carbocycles. The fraction of sp³-hybridized carbons (Fsp3) is 0.419. The van der Waals surface area contributed by atoms with Crippen LogP contribution >= 0.6 is 0 Å². The molecule has 2 fully saturated rings. The van der Waals surface area contributed by atoms with Gasteiger partial charge in [-0.05, 0) is 54.8 Å². The summed E-state index contributed by atoms with van der Waals surface area (Å²) in [5, 5.41) is 11.5. The first kappa shape index (κ1) is 28.4. The third-order valence-corrected chi connectivity index (χ3v) is 7.08. The van der Waals surface area contributed by atoms with Crippen LogP contribution in [0.2, 0.25) is 0 Å². The van der Waals surface area contributed by atoms with Gasteiger partial charge in [0.15, 0.2) is 0 Å². The van der Waals surface area contributed by atoms with Crippen LogP contribution in [-0.2, 0) is 14.3 Å². The lowest BCUT2D eigenvalue weighted by atomic mass is 9.94. The summed E-state index contributed by atoms with van der Waals surface area (Å²) in [6.07, 6.45) is 3.65. The number of rotatable bonds is 12. The number of likely N-dealkylation sites (tertiary alicyclic amines) is 1. The summed E-state index contributed by atoms with van der Waals surface area (Å²) in [5.74, 6) is -0.126. The van der Waals surface area contributed by atoms with Gasteiger partial charge in [-0.2, -0.15) is 0 Å². The van der Waals surface area contributed by atoms with Gasteiger partial charge in [-0.15, -0.1) is 0 Å². The van der Waals surface area contributed by atoms with E-state index in [4.69, 9.17) is 14.2 Å². The minimum absolute atomic E-state index is 0.0875. The molecular formula is C31H38N2O6. The number of amides is 1. The van der Waals surface area contributed by atoms with Crippen molar-refractivity contribution in [2.75, 3.05) is 52.6 Å². The third kappa shape index (κ3) is 6.69. The van der Waals surface area contributed by atoms with Crippen LogP contribution in [0.1, 0.15) is 42.5 Å². The van der Waals surface area contributed by atoms with Crippen molar-refractivity contribution in [3.05, 3.63) is 77.4 Å². The van der Waals surface area contributed by atoms with Gasteiger partial charge in [0.2, 0.25) is 0 Å². The first-order chi connectivity index (χ1) is 18.9. The van der Waals surface area contributed by atoms with E-state index in [1.807, 2.05) is 25.1 Å². The lowest BCUT2D eigenvalue weighted by molar-refractivity contribution is -0.140. The number of nitrogens with zero attached hydrogens (tertiary/aromatic N) is 2. The van der Waals surface area contributed by atoms with Crippen LogP contribution in [0, 0.1) is 6.92 Å². The summed E-state index contributed by atoms with van der Waals surface area (Å²) < 4.78 is 16.9. The molecule has 0 spiro atoms. The van der Waals surface area contributed by atoms with Crippen LogP contribution in [0.25, 0.3) is 5.76 Å².